The summed E-state index contributed by atoms with van der Waals surface area (Å²) in [6, 6.07) is 0. The molecule has 146 valence electrons. The van der Waals surface area contributed by atoms with Crippen LogP contribution in [-0.2, 0) is 0 Å². The maximum atomic E-state index is 9.72. The van der Waals surface area contributed by atoms with E-state index in [9.17, 15) is 5.11 Å². The minimum absolute atomic E-state index is 0.604. The number of hydrogen-bond donors (Lipinski definition) is 1. The molecule has 0 radical (unpaired) electrons. The first-order valence-corrected chi connectivity index (χ1v) is 10.9. The lowest BCUT2D eigenvalue weighted by atomic mass is 10.0. The fourth-order valence-electron chi connectivity index (χ4n) is 3.59. The minimum atomic E-state index is -1.08. The van der Waals surface area contributed by atoms with Gasteiger partial charge in [0.2, 0.25) is 0 Å². The lowest BCUT2D eigenvalue weighted by Crippen LogP contribution is -2.48. The molecule has 0 saturated carbocycles. The first-order chi connectivity index (χ1) is 11.3. The molecule has 24 heavy (non-hydrogen) atoms. The molecule has 3 heteroatoms. The van der Waals surface area contributed by atoms with Crippen LogP contribution in [0.2, 0.25) is 0 Å². The summed E-state index contributed by atoms with van der Waals surface area (Å²) in [6.07, 6.45) is 19.5. The van der Waals surface area contributed by atoms with Crippen molar-refractivity contribution in [2.24, 2.45) is 0 Å². The Kier molecular flexibility index (Phi) is 14.5. The van der Waals surface area contributed by atoms with Gasteiger partial charge in [-0.15, -0.1) is 0 Å². The molecule has 0 aromatic rings. The van der Waals surface area contributed by atoms with Gasteiger partial charge in [-0.25, -0.2) is 0 Å². The highest BCUT2D eigenvalue weighted by Gasteiger charge is 2.27. The molecule has 0 amide bonds. The maximum absolute atomic E-state index is 9.72. The Morgan fingerprint density at radius 3 is 1.38 bits per heavy atom. The van der Waals surface area contributed by atoms with Crippen molar-refractivity contribution in [2.45, 2.75) is 109 Å². The van der Waals surface area contributed by atoms with Gasteiger partial charge >= 0.3 is 0 Å². The number of alkyl halides is 1. The molecule has 0 aliphatic carbocycles. The number of likely N-dealkylation sites (N-methyl/N-ethyl adjacent to an activating group) is 1. The molecule has 0 aromatic heterocycles. The highest BCUT2D eigenvalue weighted by molar-refractivity contribution is 6.22. The van der Waals surface area contributed by atoms with Crippen molar-refractivity contribution in [2.75, 3.05) is 27.2 Å². The van der Waals surface area contributed by atoms with E-state index in [1.807, 2.05) is 0 Å². The molecule has 0 saturated heterocycles. The number of quaternary nitrogens is 1. The second kappa shape index (κ2) is 14.4. The molecule has 0 spiro atoms. The van der Waals surface area contributed by atoms with E-state index in [0.717, 1.165) is 11.0 Å². The average molecular weight is 363 g/mol. The van der Waals surface area contributed by atoms with Crippen molar-refractivity contribution >= 4 is 11.6 Å². The van der Waals surface area contributed by atoms with Crippen LogP contribution in [0.1, 0.15) is 104 Å². The fraction of sp³-hybridized carbons (Fsp3) is 1.00. The molecular weight excluding hydrogens is 318 g/mol. The van der Waals surface area contributed by atoms with Crippen molar-refractivity contribution in [3.05, 3.63) is 0 Å². The second-order valence-corrected chi connectivity index (χ2v) is 9.37. The molecule has 1 N–H and O–H groups in total. The molecule has 0 aliphatic heterocycles. The topological polar surface area (TPSA) is 20.2 Å². The quantitative estimate of drug-likeness (QED) is 0.178. The summed E-state index contributed by atoms with van der Waals surface area (Å²) in [7, 11) is 4.30. The number of rotatable bonds is 17. The lowest BCUT2D eigenvalue weighted by molar-refractivity contribution is -0.894. The maximum Gasteiger partial charge on any atom is 0.184 e. The van der Waals surface area contributed by atoms with Gasteiger partial charge in [-0.3, -0.25) is 0 Å². The van der Waals surface area contributed by atoms with Crippen molar-refractivity contribution in [1.29, 1.82) is 0 Å². The van der Waals surface area contributed by atoms with E-state index in [1.54, 1.807) is 6.92 Å². The summed E-state index contributed by atoms with van der Waals surface area (Å²) < 4.78 is 0.800. The lowest BCUT2D eigenvalue weighted by Gasteiger charge is -2.33. The Labute approximate surface area is 157 Å². The van der Waals surface area contributed by atoms with Crippen molar-refractivity contribution < 1.29 is 9.59 Å². The van der Waals surface area contributed by atoms with Crippen LogP contribution < -0.4 is 0 Å². The highest BCUT2D eigenvalue weighted by Crippen LogP contribution is 2.17. The summed E-state index contributed by atoms with van der Waals surface area (Å²) in [6.45, 7) is 5.66. The summed E-state index contributed by atoms with van der Waals surface area (Å²) in [4.78, 5) is 0. The van der Waals surface area contributed by atoms with Crippen molar-refractivity contribution in [3.63, 3.8) is 0 Å². The van der Waals surface area contributed by atoms with Gasteiger partial charge in [-0.1, -0.05) is 95.6 Å². The summed E-state index contributed by atoms with van der Waals surface area (Å²) in [5.74, 6) is 0. The smallest absolute Gasteiger partial charge is 0.184 e. The SMILES string of the molecule is CCCCCCCCCCCCCCCC[N+](C)(C)CC(C)(O)Cl. The van der Waals surface area contributed by atoms with E-state index in [0.29, 0.717) is 6.54 Å². The normalized spacial score (nSPS) is 14.8. The van der Waals surface area contributed by atoms with E-state index in [-0.39, 0.29) is 0 Å². The number of aliphatic hydroxyl groups is 1. The van der Waals surface area contributed by atoms with Gasteiger partial charge in [0.25, 0.3) is 0 Å². The molecule has 0 rings (SSSR count). The predicted octanol–water partition coefficient (Wildman–Crippen LogP) is 6.49. The third-order valence-electron chi connectivity index (χ3n) is 4.83. The molecular formula is C21H45ClNO+. The fourth-order valence-corrected chi connectivity index (χ4v) is 3.92. The molecule has 0 aromatic carbocycles. The van der Waals surface area contributed by atoms with Crippen molar-refractivity contribution in [3.8, 4) is 0 Å². The number of unbranched alkanes of at least 4 members (excludes halogenated alkanes) is 13. The highest BCUT2D eigenvalue weighted by atomic mass is 35.5. The Morgan fingerprint density at radius 2 is 1.04 bits per heavy atom. The van der Waals surface area contributed by atoms with Gasteiger partial charge in [-0.05, 0) is 19.8 Å². The first-order valence-electron chi connectivity index (χ1n) is 10.5. The number of hydrogen-bond acceptors (Lipinski definition) is 1. The van der Waals surface area contributed by atoms with Crippen molar-refractivity contribution in [1.82, 2.24) is 0 Å². The van der Waals surface area contributed by atoms with E-state index in [2.05, 4.69) is 21.0 Å². The van der Waals surface area contributed by atoms with Crippen LogP contribution in [0.15, 0.2) is 0 Å². The third kappa shape index (κ3) is 18.5. The molecule has 1 atom stereocenters. The van der Waals surface area contributed by atoms with Crippen LogP contribution in [0.5, 0.6) is 0 Å². The molecule has 0 aliphatic rings. The van der Waals surface area contributed by atoms with E-state index >= 15 is 0 Å². The van der Waals surface area contributed by atoms with Gasteiger partial charge in [-0.2, -0.15) is 0 Å². The largest absolute Gasteiger partial charge is 0.370 e. The number of nitrogens with zero attached hydrogens (tertiary/aromatic N) is 1. The zero-order valence-electron chi connectivity index (χ0n) is 17.1. The molecule has 1 unspecified atom stereocenters. The third-order valence-corrected chi connectivity index (χ3v) is 4.95. The van der Waals surface area contributed by atoms with Gasteiger partial charge < -0.3 is 9.59 Å². The second-order valence-electron chi connectivity index (χ2n) is 8.56. The molecule has 0 heterocycles. The van der Waals surface area contributed by atoms with Crippen LogP contribution in [0.3, 0.4) is 0 Å². The van der Waals surface area contributed by atoms with Gasteiger partial charge in [0.05, 0.1) is 20.6 Å². The average Bonchev–Trinajstić information content (AvgIpc) is 2.45. The number of halogens is 1. The zero-order chi connectivity index (χ0) is 18.3. The van der Waals surface area contributed by atoms with Crippen LogP contribution in [0.4, 0.5) is 0 Å². The van der Waals surface area contributed by atoms with E-state index in [4.69, 9.17) is 11.6 Å². The monoisotopic (exact) mass is 362 g/mol. The Hall–Kier alpha value is 0.210. The van der Waals surface area contributed by atoms with Gasteiger partial charge in [0.15, 0.2) is 5.06 Å². The summed E-state index contributed by atoms with van der Waals surface area (Å²) in [5.41, 5.74) is 0. The van der Waals surface area contributed by atoms with Crippen LogP contribution in [0, 0.1) is 0 Å². The Balaban J connectivity index is 3.28. The Bertz CT molecular complexity index is 274. The first kappa shape index (κ1) is 24.2. The van der Waals surface area contributed by atoms with E-state index < -0.39 is 5.06 Å². The molecule has 0 bridgehead atoms. The van der Waals surface area contributed by atoms with Crippen LogP contribution >= 0.6 is 11.6 Å². The summed E-state index contributed by atoms with van der Waals surface area (Å²) in [5, 5.41) is 8.63. The molecule has 2 nitrogen and oxygen atoms in total. The van der Waals surface area contributed by atoms with Gasteiger partial charge in [0, 0.05) is 0 Å². The predicted molar refractivity (Wildman–Crippen MR) is 109 cm³/mol. The standard InChI is InChI=1S/C21H45ClNO/c1-5-6-7-8-9-10-11-12-13-14-15-16-17-18-19-23(3,4)20-21(2,22)24/h24H,5-20H2,1-4H3/q+1. The van der Waals surface area contributed by atoms with Gasteiger partial charge in [0.1, 0.15) is 6.54 Å². The van der Waals surface area contributed by atoms with E-state index in [1.165, 1.54) is 89.9 Å². The van der Waals surface area contributed by atoms with Crippen LogP contribution in [0.25, 0.3) is 0 Å². The zero-order valence-corrected chi connectivity index (χ0v) is 17.8. The molecule has 0 fully saturated rings. The summed E-state index contributed by atoms with van der Waals surface area (Å²) >= 11 is 5.92. The minimum Gasteiger partial charge on any atom is -0.370 e. The van der Waals surface area contributed by atoms with Crippen LogP contribution in [-0.4, -0.2) is 41.8 Å². The Morgan fingerprint density at radius 1 is 0.708 bits per heavy atom.